The van der Waals surface area contributed by atoms with Crippen LogP contribution in [0.15, 0.2) is 59.2 Å². The average molecular weight is 414 g/mol. The van der Waals surface area contributed by atoms with Crippen LogP contribution in [0.25, 0.3) is 0 Å². The highest BCUT2D eigenvalue weighted by Crippen LogP contribution is 2.27. The molecule has 1 heterocycles. The van der Waals surface area contributed by atoms with Crippen LogP contribution in [0.1, 0.15) is 15.9 Å². The SMILES string of the molecule is NC(=O)c1ccc(Nc2ncc(Br)c(Nc3ccccc3CO)n2)cc1. The van der Waals surface area contributed by atoms with E-state index in [1.54, 1.807) is 30.5 Å². The molecule has 0 bridgehead atoms. The maximum Gasteiger partial charge on any atom is 0.248 e. The minimum absolute atomic E-state index is 0.0802. The zero-order chi connectivity index (χ0) is 18.5. The van der Waals surface area contributed by atoms with E-state index in [1.807, 2.05) is 24.3 Å². The van der Waals surface area contributed by atoms with E-state index in [1.165, 1.54) is 0 Å². The molecule has 0 aliphatic carbocycles. The fraction of sp³-hybridized carbons (Fsp3) is 0.0556. The van der Waals surface area contributed by atoms with Crippen molar-refractivity contribution in [1.82, 2.24) is 9.97 Å². The number of nitrogens with two attached hydrogens (primary N) is 1. The van der Waals surface area contributed by atoms with Gasteiger partial charge in [-0.3, -0.25) is 4.79 Å². The minimum Gasteiger partial charge on any atom is -0.392 e. The Labute approximate surface area is 158 Å². The maximum atomic E-state index is 11.1. The van der Waals surface area contributed by atoms with Crippen LogP contribution in [0.3, 0.4) is 0 Å². The van der Waals surface area contributed by atoms with Gasteiger partial charge >= 0.3 is 0 Å². The van der Waals surface area contributed by atoms with E-state index in [2.05, 4.69) is 36.5 Å². The normalized spacial score (nSPS) is 10.4. The summed E-state index contributed by atoms with van der Waals surface area (Å²) in [6.45, 7) is -0.0802. The summed E-state index contributed by atoms with van der Waals surface area (Å²) in [6.07, 6.45) is 1.62. The Hall–Kier alpha value is -2.97. The lowest BCUT2D eigenvalue weighted by Gasteiger charge is -2.12. The van der Waals surface area contributed by atoms with Crippen LogP contribution < -0.4 is 16.4 Å². The van der Waals surface area contributed by atoms with Gasteiger partial charge in [0.15, 0.2) is 0 Å². The number of halogens is 1. The summed E-state index contributed by atoms with van der Waals surface area (Å²) in [7, 11) is 0. The van der Waals surface area contributed by atoms with Crippen molar-refractivity contribution in [2.45, 2.75) is 6.61 Å². The van der Waals surface area contributed by atoms with Gasteiger partial charge in [0.2, 0.25) is 11.9 Å². The average Bonchev–Trinajstić information content (AvgIpc) is 2.65. The summed E-state index contributed by atoms with van der Waals surface area (Å²) in [5, 5.41) is 15.7. The van der Waals surface area contributed by atoms with Crippen LogP contribution in [0.2, 0.25) is 0 Å². The number of amides is 1. The van der Waals surface area contributed by atoms with Crippen molar-refractivity contribution < 1.29 is 9.90 Å². The van der Waals surface area contributed by atoms with Gasteiger partial charge < -0.3 is 21.5 Å². The summed E-state index contributed by atoms with van der Waals surface area (Å²) in [5.41, 5.74) is 7.90. The largest absolute Gasteiger partial charge is 0.392 e. The van der Waals surface area contributed by atoms with Crippen LogP contribution in [0.4, 0.5) is 23.1 Å². The molecular formula is C18H16BrN5O2. The van der Waals surface area contributed by atoms with E-state index in [9.17, 15) is 9.90 Å². The number of para-hydroxylation sites is 1. The first-order valence-electron chi connectivity index (χ1n) is 7.72. The number of primary amides is 1. The molecule has 26 heavy (non-hydrogen) atoms. The standard InChI is InChI=1S/C18H16BrN5O2/c19-14-9-21-18(22-13-7-5-11(6-8-13)16(20)26)24-17(14)23-15-4-2-1-3-12(15)10-25/h1-9,25H,10H2,(H2,20,26)(H2,21,22,23,24). The van der Waals surface area contributed by atoms with Gasteiger partial charge in [0.1, 0.15) is 5.82 Å². The molecule has 5 N–H and O–H groups in total. The molecule has 0 saturated heterocycles. The number of aliphatic hydroxyl groups excluding tert-OH is 1. The topological polar surface area (TPSA) is 113 Å². The van der Waals surface area contributed by atoms with Crippen molar-refractivity contribution in [3.8, 4) is 0 Å². The molecule has 3 rings (SSSR count). The molecule has 2 aromatic carbocycles. The van der Waals surface area contributed by atoms with Crippen molar-refractivity contribution in [1.29, 1.82) is 0 Å². The Bertz CT molecular complexity index is 931. The first kappa shape index (κ1) is 17.8. The summed E-state index contributed by atoms with van der Waals surface area (Å²) in [4.78, 5) is 19.8. The van der Waals surface area contributed by atoms with Crippen LogP contribution in [0, 0.1) is 0 Å². The fourth-order valence-corrected chi connectivity index (χ4v) is 2.56. The Morgan fingerprint density at radius 1 is 1.12 bits per heavy atom. The smallest absolute Gasteiger partial charge is 0.248 e. The van der Waals surface area contributed by atoms with Crippen molar-refractivity contribution in [3.63, 3.8) is 0 Å². The highest BCUT2D eigenvalue weighted by atomic mass is 79.9. The summed E-state index contributed by atoms with van der Waals surface area (Å²) < 4.78 is 0.680. The van der Waals surface area contributed by atoms with E-state index in [0.717, 1.165) is 16.9 Å². The third-order valence-corrected chi connectivity index (χ3v) is 4.19. The lowest BCUT2D eigenvalue weighted by molar-refractivity contribution is 0.100. The molecular weight excluding hydrogens is 398 g/mol. The number of hydrogen-bond donors (Lipinski definition) is 4. The third kappa shape index (κ3) is 4.16. The van der Waals surface area contributed by atoms with E-state index < -0.39 is 5.91 Å². The zero-order valence-electron chi connectivity index (χ0n) is 13.6. The lowest BCUT2D eigenvalue weighted by atomic mass is 10.2. The molecule has 0 unspecified atom stereocenters. The van der Waals surface area contributed by atoms with E-state index in [0.29, 0.717) is 21.8 Å². The Balaban J connectivity index is 1.82. The molecule has 0 aliphatic heterocycles. The Morgan fingerprint density at radius 2 is 1.85 bits per heavy atom. The Morgan fingerprint density at radius 3 is 2.54 bits per heavy atom. The zero-order valence-corrected chi connectivity index (χ0v) is 15.2. The maximum absolute atomic E-state index is 11.1. The number of nitrogens with one attached hydrogen (secondary N) is 2. The van der Waals surface area contributed by atoms with Crippen LogP contribution in [0.5, 0.6) is 0 Å². The minimum atomic E-state index is -0.481. The van der Waals surface area contributed by atoms with Crippen LogP contribution >= 0.6 is 15.9 Å². The summed E-state index contributed by atoms with van der Waals surface area (Å²) in [5.74, 6) is 0.451. The molecule has 0 spiro atoms. The number of nitrogens with zero attached hydrogens (tertiary/aromatic N) is 2. The molecule has 0 fully saturated rings. The van der Waals surface area contributed by atoms with Gasteiger partial charge in [0.05, 0.1) is 11.1 Å². The molecule has 8 heteroatoms. The van der Waals surface area contributed by atoms with Crippen molar-refractivity contribution in [2.24, 2.45) is 5.73 Å². The van der Waals surface area contributed by atoms with E-state index >= 15 is 0 Å². The van der Waals surface area contributed by atoms with E-state index in [4.69, 9.17) is 5.73 Å². The van der Waals surface area contributed by atoms with Crippen LogP contribution in [-0.2, 0) is 6.61 Å². The number of aliphatic hydroxyl groups is 1. The predicted octanol–water partition coefficient (Wildman–Crippen LogP) is 3.32. The second-order valence-electron chi connectivity index (χ2n) is 5.40. The number of hydrogen-bond acceptors (Lipinski definition) is 6. The Kier molecular flexibility index (Phi) is 5.45. The van der Waals surface area contributed by atoms with Gasteiger partial charge in [-0.2, -0.15) is 4.98 Å². The highest BCUT2D eigenvalue weighted by molar-refractivity contribution is 9.10. The molecule has 132 valence electrons. The molecule has 7 nitrogen and oxygen atoms in total. The second-order valence-corrected chi connectivity index (χ2v) is 6.25. The molecule has 0 radical (unpaired) electrons. The quantitative estimate of drug-likeness (QED) is 0.492. The first-order chi connectivity index (χ1) is 12.6. The number of rotatable bonds is 6. The second kappa shape index (κ2) is 7.94. The lowest BCUT2D eigenvalue weighted by Crippen LogP contribution is -2.10. The molecule has 0 atom stereocenters. The van der Waals surface area contributed by atoms with Crippen molar-refractivity contribution >= 4 is 45.0 Å². The molecule has 1 aromatic heterocycles. The summed E-state index contributed by atoms with van der Waals surface area (Å²) >= 11 is 3.42. The van der Waals surface area contributed by atoms with Gasteiger partial charge in [-0.25, -0.2) is 4.98 Å². The number of benzene rings is 2. The van der Waals surface area contributed by atoms with Gasteiger partial charge in [0, 0.05) is 28.7 Å². The van der Waals surface area contributed by atoms with E-state index in [-0.39, 0.29) is 6.61 Å². The fourth-order valence-electron chi connectivity index (χ4n) is 2.27. The first-order valence-corrected chi connectivity index (χ1v) is 8.51. The van der Waals surface area contributed by atoms with Crippen LogP contribution in [-0.4, -0.2) is 21.0 Å². The van der Waals surface area contributed by atoms with Gasteiger partial charge in [-0.05, 0) is 46.3 Å². The highest BCUT2D eigenvalue weighted by Gasteiger charge is 2.09. The van der Waals surface area contributed by atoms with Gasteiger partial charge in [0.25, 0.3) is 0 Å². The molecule has 0 saturated carbocycles. The number of carbonyl (C=O) groups is 1. The molecule has 0 aliphatic rings. The third-order valence-electron chi connectivity index (χ3n) is 3.61. The van der Waals surface area contributed by atoms with Gasteiger partial charge in [-0.1, -0.05) is 18.2 Å². The molecule has 1 amide bonds. The number of aromatic nitrogens is 2. The van der Waals surface area contributed by atoms with Gasteiger partial charge in [-0.15, -0.1) is 0 Å². The van der Waals surface area contributed by atoms with Crippen molar-refractivity contribution in [3.05, 3.63) is 70.3 Å². The molecule has 3 aromatic rings. The number of carbonyl (C=O) groups excluding carboxylic acids is 1. The monoisotopic (exact) mass is 413 g/mol. The number of anilines is 4. The summed E-state index contributed by atoms with van der Waals surface area (Å²) in [6, 6.07) is 14.1. The predicted molar refractivity (Wildman–Crippen MR) is 104 cm³/mol. The van der Waals surface area contributed by atoms with Crippen molar-refractivity contribution in [2.75, 3.05) is 10.6 Å².